The molecule has 0 aliphatic carbocycles. The summed E-state index contributed by atoms with van der Waals surface area (Å²) in [5.41, 5.74) is 5.61. The maximum atomic E-state index is 12.3. The molecule has 2 aromatic carbocycles. The predicted octanol–water partition coefficient (Wildman–Crippen LogP) is 4.27. The molecule has 0 spiro atoms. The van der Waals surface area contributed by atoms with Gasteiger partial charge in [-0.1, -0.05) is 46.6 Å². The van der Waals surface area contributed by atoms with Crippen molar-refractivity contribution in [3.8, 4) is 0 Å². The number of benzene rings is 2. The molecule has 1 atom stereocenters. The molecule has 34 heavy (non-hydrogen) atoms. The molecule has 2 heterocycles. The van der Waals surface area contributed by atoms with Crippen LogP contribution in [0.15, 0.2) is 40.9 Å². The molecule has 1 N–H and O–H groups in total. The van der Waals surface area contributed by atoms with Crippen LogP contribution in [-0.4, -0.2) is 49.2 Å². The van der Waals surface area contributed by atoms with Gasteiger partial charge in [0.1, 0.15) is 6.29 Å². The zero-order valence-electron chi connectivity index (χ0n) is 19.7. The van der Waals surface area contributed by atoms with Gasteiger partial charge < -0.3 is 4.90 Å². The van der Waals surface area contributed by atoms with E-state index >= 15 is 0 Å². The molecular formula is C27H32BrN3O3. The minimum Gasteiger partial charge on any atom is -0.371 e. The maximum absolute atomic E-state index is 12.3. The lowest BCUT2D eigenvalue weighted by Crippen LogP contribution is -2.51. The average Bonchev–Trinajstić information content (AvgIpc) is 3.21. The number of amides is 2. The SMILES string of the molecule is CN(Cc1c(C=O)cccc1CCCCCN1CCc2ccc(Br)cc21)C1CCC(=O)NC1=O. The Kier molecular flexibility index (Phi) is 8.16. The molecule has 0 saturated carbocycles. The molecule has 2 aliphatic heterocycles. The minimum absolute atomic E-state index is 0.214. The fourth-order valence-corrected chi connectivity index (χ4v) is 5.45. The highest BCUT2D eigenvalue weighted by molar-refractivity contribution is 9.10. The van der Waals surface area contributed by atoms with Crippen molar-refractivity contribution in [2.24, 2.45) is 0 Å². The number of hydrogen-bond acceptors (Lipinski definition) is 5. The molecule has 180 valence electrons. The third kappa shape index (κ3) is 5.76. The predicted molar refractivity (Wildman–Crippen MR) is 137 cm³/mol. The van der Waals surface area contributed by atoms with E-state index in [1.807, 2.05) is 24.1 Å². The van der Waals surface area contributed by atoms with Crippen LogP contribution in [0.25, 0.3) is 0 Å². The molecule has 0 bridgehead atoms. The van der Waals surface area contributed by atoms with Crippen LogP contribution in [0.5, 0.6) is 0 Å². The van der Waals surface area contributed by atoms with Gasteiger partial charge in [-0.15, -0.1) is 0 Å². The second-order valence-electron chi connectivity index (χ2n) is 9.31. The van der Waals surface area contributed by atoms with E-state index < -0.39 is 0 Å². The fraction of sp³-hybridized carbons (Fsp3) is 0.444. The van der Waals surface area contributed by atoms with Gasteiger partial charge in [-0.05, 0) is 68.0 Å². The number of halogens is 1. The number of anilines is 1. The Bertz CT molecular complexity index is 1070. The smallest absolute Gasteiger partial charge is 0.243 e. The Morgan fingerprint density at radius 1 is 1.15 bits per heavy atom. The molecule has 0 aromatic heterocycles. The van der Waals surface area contributed by atoms with E-state index in [9.17, 15) is 14.4 Å². The van der Waals surface area contributed by atoms with Gasteiger partial charge in [0.25, 0.3) is 0 Å². The number of piperidine rings is 1. The van der Waals surface area contributed by atoms with Crippen LogP contribution in [-0.2, 0) is 29.0 Å². The number of fused-ring (bicyclic) bond motifs is 1. The molecule has 2 aliphatic rings. The van der Waals surface area contributed by atoms with Gasteiger partial charge in [0.15, 0.2) is 0 Å². The van der Waals surface area contributed by atoms with Gasteiger partial charge in [-0.2, -0.15) is 0 Å². The number of unbranched alkanes of at least 4 members (excludes halogenated alkanes) is 2. The molecule has 4 rings (SSSR count). The summed E-state index contributed by atoms with van der Waals surface area (Å²) in [5.74, 6) is -0.465. The number of carbonyl (C=O) groups is 3. The number of imide groups is 1. The van der Waals surface area contributed by atoms with Crippen molar-refractivity contribution in [3.05, 3.63) is 63.1 Å². The summed E-state index contributed by atoms with van der Waals surface area (Å²) in [6.45, 7) is 2.66. The van der Waals surface area contributed by atoms with Crippen LogP contribution in [0.3, 0.4) is 0 Å². The van der Waals surface area contributed by atoms with Gasteiger partial charge in [0.05, 0.1) is 6.04 Å². The highest BCUT2D eigenvalue weighted by atomic mass is 79.9. The summed E-state index contributed by atoms with van der Waals surface area (Å²) in [5, 5.41) is 2.42. The Morgan fingerprint density at radius 2 is 2.00 bits per heavy atom. The summed E-state index contributed by atoms with van der Waals surface area (Å²) in [6.07, 6.45) is 7.08. The lowest BCUT2D eigenvalue weighted by molar-refractivity contribution is -0.137. The van der Waals surface area contributed by atoms with Crippen molar-refractivity contribution in [3.63, 3.8) is 0 Å². The van der Waals surface area contributed by atoms with Crippen LogP contribution in [0.2, 0.25) is 0 Å². The van der Waals surface area contributed by atoms with Crippen molar-refractivity contribution in [2.45, 2.75) is 57.5 Å². The Morgan fingerprint density at radius 3 is 2.79 bits per heavy atom. The third-order valence-electron chi connectivity index (χ3n) is 7.00. The van der Waals surface area contributed by atoms with E-state index in [4.69, 9.17) is 0 Å². The average molecular weight is 526 g/mol. The standard InChI is InChI=1S/C27H32BrN3O3/c1-30(24-11-12-26(33)29-27(24)34)17-23-19(7-5-8-21(23)18-32)6-3-2-4-14-31-15-13-20-9-10-22(28)16-25(20)31/h5,7-10,16,18,24H,2-4,6,11-15,17H2,1H3,(H,29,33,34). The normalized spacial score (nSPS) is 17.7. The van der Waals surface area contributed by atoms with E-state index in [0.717, 1.165) is 61.5 Å². The van der Waals surface area contributed by atoms with Crippen LogP contribution >= 0.6 is 15.9 Å². The summed E-state index contributed by atoms with van der Waals surface area (Å²) in [6, 6.07) is 12.1. The second kappa shape index (κ2) is 11.3. The second-order valence-corrected chi connectivity index (χ2v) is 10.2. The zero-order chi connectivity index (χ0) is 24.1. The van der Waals surface area contributed by atoms with E-state index in [0.29, 0.717) is 24.9 Å². The van der Waals surface area contributed by atoms with E-state index in [-0.39, 0.29) is 17.9 Å². The van der Waals surface area contributed by atoms with Gasteiger partial charge in [0, 0.05) is 41.8 Å². The topological polar surface area (TPSA) is 69.7 Å². The summed E-state index contributed by atoms with van der Waals surface area (Å²) < 4.78 is 1.13. The van der Waals surface area contributed by atoms with Crippen molar-refractivity contribution >= 4 is 39.7 Å². The number of aldehydes is 1. The van der Waals surface area contributed by atoms with Gasteiger partial charge in [-0.25, -0.2) is 0 Å². The van der Waals surface area contributed by atoms with Crippen LogP contribution in [0.4, 0.5) is 5.69 Å². The van der Waals surface area contributed by atoms with Crippen LogP contribution < -0.4 is 10.2 Å². The van der Waals surface area contributed by atoms with E-state index in [1.54, 1.807) is 0 Å². The van der Waals surface area contributed by atoms with Crippen molar-refractivity contribution < 1.29 is 14.4 Å². The quantitative estimate of drug-likeness (QED) is 0.285. The number of rotatable bonds is 10. The first-order chi connectivity index (χ1) is 16.5. The fourth-order valence-electron chi connectivity index (χ4n) is 5.10. The molecular weight excluding hydrogens is 494 g/mol. The third-order valence-corrected chi connectivity index (χ3v) is 7.49. The highest BCUT2D eigenvalue weighted by Gasteiger charge is 2.30. The zero-order valence-corrected chi connectivity index (χ0v) is 21.3. The van der Waals surface area contributed by atoms with Crippen molar-refractivity contribution in [2.75, 3.05) is 25.0 Å². The molecule has 6 nitrogen and oxygen atoms in total. The molecule has 2 amide bonds. The monoisotopic (exact) mass is 525 g/mol. The lowest BCUT2D eigenvalue weighted by Gasteiger charge is -2.30. The van der Waals surface area contributed by atoms with Crippen molar-refractivity contribution in [1.29, 1.82) is 0 Å². The number of nitrogens with zero attached hydrogens (tertiary/aromatic N) is 2. The van der Waals surface area contributed by atoms with Gasteiger partial charge in [0.2, 0.25) is 11.8 Å². The first-order valence-electron chi connectivity index (χ1n) is 12.1. The number of carbonyl (C=O) groups excluding carboxylic acids is 3. The number of hydrogen-bond donors (Lipinski definition) is 1. The van der Waals surface area contributed by atoms with Crippen LogP contribution in [0.1, 0.15) is 59.2 Å². The number of aryl methyl sites for hydroxylation is 1. The Balaban J connectivity index is 1.32. The highest BCUT2D eigenvalue weighted by Crippen LogP contribution is 2.31. The first kappa shape index (κ1) is 24.6. The van der Waals surface area contributed by atoms with Gasteiger partial charge in [-0.3, -0.25) is 24.6 Å². The Hall–Kier alpha value is -2.51. The van der Waals surface area contributed by atoms with E-state index in [2.05, 4.69) is 50.4 Å². The molecule has 0 radical (unpaired) electrons. The Labute approximate surface area is 209 Å². The van der Waals surface area contributed by atoms with Crippen LogP contribution in [0, 0.1) is 0 Å². The number of nitrogens with one attached hydrogen (secondary N) is 1. The minimum atomic E-state index is -0.353. The first-order valence-corrected chi connectivity index (χ1v) is 12.9. The molecule has 7 heteroatoms. The summed E-state index contributed by atoms with van der Waals surface area (Å²) in [4.78, 5) is 39.9. The lowest BCUT2D eigenvalue weighted by atomic mass is 9.95. The van der Waals surface area contributed by atoms with Crippen molar-refractivity contribution in [1.82, 2.24) is 10.2 Å². The van der Waals surface area contributed by atoms with Gasteiger partial charge >= 0.3 is 0 Å². The summed E-state index contributed by atoms with van der Waals surface area (Å²) in [7, 11) is 1.89. The maximum Gasteiger partial charge on any atom is 0.243 e. The molecule has 1 fully saturated rings. The molecule has 1 saturated heterocycles. The summed E-state index contributed by atoms with van der Waals surface area (Å²) >= 11 is 3.59. The molecule has 1 unspecified atom stereocenters. The largest absolute Gasteiger partial charge is 0.371 e. The van der Waals surface area contributed by atoms with E-state index in [1.165, 1.54) is 16.8 Å². The molecule has 2 aromatic rings. The number of likely N-dealkylation sites (N-methyl/N-ethyl adjacent to an activating group) is 1.